The highest BCUT2D eigenvalue weighted by Crippen LogP contribution is 2.27. The molecule has 9 heteroatoms. The van der Waals surface area contributed by atoms with E-state index in [1.54, 1.807) is 0 Å². The number of anilines is 3. The van der Waals surface area contributed by atoms with Crippen molar-refractivity contribution in [3.05, 3.63) is 77.2 Å². The lowest BCUT2D eigenvalue weighted by atomic mass is 10.1. The fourth-order valence-corrected chi connectivity index (χ4v) is 2.67. The van der Waals surface area contributed by atoms with Crippen LogP contribution in [0.15, 0.2) is 54.9 Å². The van der Waals surface area contributed by atoms with E-state index >= 15 is 0 Å². The number of nitrogens with zero attached hydrogens (tertiary/aromatic N) is 2. The number of hydrogen-bond acceptors (Lipinski definition) is 5. The third-order valence-corrected chi connectivity index (χ3v) is 4.29. The molecule has 2 amide bonds. The summed E-state index contributed by atoms with van der Waals surface area (Å²) in [7, 11) is 1.48. The van der Waals surface area contributed by atoms with Gasteiger partial charge in [0.25, 0.3) is 18.2 Å². The minimum atomic E-state index is -2.80. The van der Waals surface area contributed by atoms with Crippen LogP contribution in [0.1, 0.15) is 38.4 Å². The topological polar surface area (TPSA) is 96.0 Å². The Morgan fingerprint density at radius 3 is 2.43 bits per heavy atom. The summed E-state index contributed by atoms with van der Waals surface area (Å²) in [4.78, 5) is 32.5. The zero-order valence-corrected chi connectivity index (χ0v) is 16.2. The van der Waals surface area contributed by atoms with Crippen molar-refractivity contribution in [1.29, 1.82) is 0 Å². The average Bonchev–Trinajstić information content (AvgIpc) is 2.75. The Morgan fingerprint density at radius 2 is 1.73 bits per heavy atom. The SMILES string of the molecule is CNC(=O)c1cnc(Nc2ccccc2C)c(NC(=O)c2ccnc(C(F)F)c2)c1. The largest absolute Gasteiger partial charge is 0.355 e. The van der Waals surface area contributed by atoms with Gasteiger partial charge in [0, 0.05) is 30.7 Å². The summed E-state index contributed by atoms with van der Waals surface area (Å²) in [5, 5.41) is 8.24. The quantitative estimate of drug-likeness (QED) is 0.568. The maximum atomic E-state index is 12.9. The Labute approximate surface area is 171 Å². The Balaban J connectivity index is 1.96. The van der Waals surface area contributed by atoms with Crippen LogP contribution in [0.25, 0.3) is 0 Å². The minimum absolute atomic E-state index is 0.00693. The monoisotopic (exact) mass is 411 g/mol. The number of aryl methyl sites for hydroxylation is 1. The van der Waals surface area contributed by atoms with Crippen molar-refractivity contribution >= 4 is 29.0 Å². The summed E-state index contributed by atoms with van der Waals surface area (Å²) in [5.41, 5.74) is 1.66. The smallest absolute Gasteiger partial charge is 0.280 e. The number of para-hydroxylation sites is 1. The van der Waals surface area contributed by atoms with E-state index < -0.39 is 18.0 Å². The van der Waals surface area contributed by atoms with E-state index in [2.05, 4.69) is 25.9 Å². The van der Waals surface area contributed by atoms with E-state index in [-0.39, 0.29) is 22.7 Å². The molecular weight excluding hydrogens is 392 g/mol. The van der Waals surface area contributed by atoms with Crippen molar-refractivity contribution in [3.63, 3.8) is 0 Å². The zero-order valence-electron chi connectivity index (χ0n) is 16.2. The molecule has 0 fully saturated rings. The molecule has 1 aromatic carbocycles. The molecule has 0 spiro atoms. The third kappa shape index (κ3) is 4.75. The number of rotatable bonds is 6. The number of nitrogens with one attached hydrogen (secondary N) is 3. The maximum Gasteiger partial charge on any atom is 0.280 e. The van der Waals surface area contributed by atoms with Gasteiger partial charge in [0.1, 0.15) is 5.69 Å². The standard InChI is InChI=1S/C21H19F2N5O2/c1-12-5-3-4-6-15(12)27-19-17(10-14(11-26-19)20(29)24-2)28-21(30)13-7-8-25-16(9-13)18(22)23/h3-11,18H,1-2H3,(H,24,29)(H,26,27)(H,28,30). The molecule has 0 aliphatic carbocycles. The fourth-order valence-electron chi connectivity index (χ4n) is 2.67. The van der Waals surface area contributed by atoms with Gasteiger partial charge in [-0.2, -0.15) is 0 Å². The van der Waals surface area contributed by atoms with E-state index in [1.807, 2.05) is 31.2 Å². The Bertz CT molecular complexity index is 1090. The van der Waals surface area contributed by atoms with Gasteiger partial charge in [0.2, 0.25) is 0 Å². The first-order valence-corrected chi connectivity index (χ1v) is 8.99. The molecule has 154 valence electrons. The molecule has 3 aromatic rings. The molecule has 2 heterocycles. The van der Waals surface area contributed by atoms with Crippen LogP contribution in [0.2, 0.25) is 0 Å². The highest BCUT2D eigenvalue weighted by molar-refractivity contribution is 6.06. The number of carbonyl (C=O) groups is 2. The van der Waals surface area contributed by atoms with Gasteiger partial charge in [-0.25, -0.2) is 13.8 Å². The number of aromatic nitrogens is 2. The average molecular weight is 411 g/mol. The fraction of sp³-hybridized carbons (Fsp3) is 0.143. The van der Waals surface area contributed by atoms with Crippen LogP contribution in [-0.2, 0) is 0 Å². The number of alkyl halides is 2. The van der Waals surface area contributed by atoms with Crippen LogP contribution < -0.4 is 16.0 Å². The summed E-state index contributed by atoms with van der Waals surface area (Å²) in [6, 6.07) is 11.3. The van der Waals surface area contributed by atoms with Gasteiger partial charge >= 0.3 is 0 Å². The second kappa shape index (κ2) is 9.08. The van der Waals surface area contributed by atoms with Crippen molar-refractivity contribution in [2.45, 2.75) is 13.3 Å². The first kappa shape index (κ1) is 20.8. The van der Waals surface area contributed by atoms with Crippen LogP contribution in [0.5, 0.6) is 0 Å². The first-order valence-electron chi connectivity index (χ1n) is 8.99. The van der Waals surface area contributed by atoms with Crippen molar-refractivity contribution < 1.29 is 18.4 Å². The molecule has 7 nitrogen and oxygen atoms in total. The van der Waals surface area contributed by atoms with Gasteiger partial charge in [0.15, 0.2) is 5.82 Å². The molecule has 3 N–H and O–H groups in total. The highest BCUT2D eigenvalue weighted by Gasteiger charge is 2.17. The molecule has 0 aliphatic rings. The molecule has 30 heavy (non-hydrogen) atoms. The van der Waals surface area contributed by atoms with E-state index in [0.717, 1.165) is 23.5 Å². The molecule has 0 unspecified atom stereocenters. The van der Waals surface area contributed by atoms with E-state index in [1.165, 1.54) is 25.4 Å². The van der Waals surface area contributed by atoms with Gasteiger partial charge in [-0.3, -0.25) is 14.6 Å². The molecule has 0 radical (unpaired) electrons. The Kier molecular flexibility index (Phi) is 6.31. The number of pyridine rings is 2. The number of halogens is 2. The Hall–Kier alpha value is -3.88. The van der Waals surface area contributed by atoms with E-state index in [4.69, 9.17) is 0 Å². The van der Waals surface area contributed by atoms with Crippen LogP contribution >= 0.6 is 0 Å². The van der Waals surface area contributed by atoms with Gasteiger partial charge < -0.3 is 16.0 Å². The van der Waals surface area contributed by atoms with Crippen LogP contribution in [0.4, 0.5) is 26.0 Å². The molecule has 0 aliphatic heterocycles. The molecule has 0 atom stereocenters. The Morgan fingerprint density at radius 1 is 0.967 bits per heavy atom. The molecule has 0 saturated carbocycles. The number of hydrogen-bond donors (Lipinski definition) is 3. The number of carbonyl (C=O) groups excluding carboxylic acids is 2. The summed E-state index contributed by atoms with van der Waals surface area (Å²) in [6.07, 6.45) is -0.285. The number of benzene rings is 1. The van der Waals surface area contributed by atoms with E-state index in [9.17, 15) is 18.4 Å². The molecule has 2 aromatic heterocycles. The highest BCUT2D eigenvalue weighted by atomic mass is 19.3. The zero-order chi connectivity index (χ0) is 21.7. The maximum absolute atomic E-state index is 12.9. The van der Waals surface area contributed by atoms with Gasteiger partial charge in [0.05, 0.1) is 11.3 Å². The van der Waals surface area contributed by atoms with Crippen LogP contribution in [0, 0.1) is 6.92 Å². The molecule has 0 bridgehead atoms. The van der Waals surface area contributed by atoms with E-state index in [0.29, 0.717) is 5.82 Å². The number of amides is 2. The third-order valence-electron chi connectivity index (χ3n) is 4.29. The summed E-state index contributed by atoms with van der Waals surface area (Å²) in [5.74, 6) is -0.722. The van der Waals surface area contributed by atoms with Crippen molar-refractivity contribution in [2.75, 3.05) is 17.7 Å². The molecular formula is C21H19F2N5O2. The molecule has 0 saturated heterocycles. The minimum Gasteiger partial charge on any atom is -0.355 e. The van der Waals surface area contributed by atoms with Gasteiger partial charge in [-0.05, 0) is 36.8 Å². The second-order valence-corrected chi connectivity index (χ2v) is 6.36. The first-order chi connectivity index (χ1) is 14.4. The second-order valence-electron chi connectivity index (χ2n) is 6.36. The lowest BCUT2D eigenvalue weighted by molar-refractivity contribution is 0.0961. The summed E-state index contributed by atoms with van der Waals surface area (Å²) in [6.45, 7) is 1.91. The molecule has 3 rings (SSSR count). The van der Waals surface area contributed by atoms with Crippen LogP contribution in [0.3, 0.4) is 0 Å². The predicted octanol–water partition coefficient (Wildman–Crippen LogP) is 4.08. The summed E-state index contributed by atoms with van der Waals surface area (Å²) >= 11 is 0. The van der Waals surface area contributed by atoms with Gasteiger partial charge in [-0.15, -0.1) is 0 Å². The van der Waals surface area contributed by atoms with Crippen LogP contribution in [-0.4, -0.2) is 28.8 Å². The predicted molar refractivity (Wildman–Crippen MR) is 109 cm³/mol. The summed E-state index contributed by atoms with van der Waals surface area (Å²) < 4.78 is 25.8. The van der Waals surface area contributed by atoms with Crippen molar-refractivity contribution in [2.24, 2.45) is 0 Å². The van der Waals surface area contributed by atoms with Gasteiger partial charge in [-0.1, -0.05) is 18.2 Å². The lowest BCUT2D eigenvalue weighted by Crippen LogP contribution is -2.20. The van der Waals surface area contributed by atoms with Crippen molar-refractivity contribution in [3.8, 4) is 0 Å². The normalized spacial score (nSPS) is 10.6. The van der Waals surface area contributed by atoms with Crippen molar-refractivity contribution in [1.82, 2.24) is 15.3 Å². The lowest BCUT2D eigenvalue weighted by Gasteiger charge is -2.15.